The summed E-state index contributed by atoms with van der Waals surface area (Å²) in [6.45, 7) is 6.69. The van der Waals surface area contributed by atoms with Crippen molar-refractivity contribution in [3.05, 3.63) is 12.4 Å². The zero-order valence-electron chi connectivity index (χ0n) is 10.8. The number of rotatable bonds is 3. The molecule has 2 heterocycles. The molecular weight excluding hydrogens is 244 g/mol. The minimum absolute atomic E-state index is 0.434. The van der Waals surface area contributed by atoms with Crippen LogP contribution in [0.1, 0.15) is 20.3 Å². The predicted octanol–water partition coefficient (Wildman–Crippen LogP) is 2.57. The maximum atomic E-state index is 8.59. The maximum absolute atomic E-state index is 8.59. The fourth-order valence-electron chi connectivity index (χ4n) is 2.54. The van der Waals surface area contributed by atoms with Crippen molar-refractivity contribution in [2.45, 2.75) is 25.3 Å². The summed E-state index contributed by atoms with van der Waals surface area (Å²) in [5.41, 5.74) is 0. The third-order valence-corrected chi connectivity index (χ3v) is 3.90. The molecule has 0 saturated carbocycles. The van der Waals surface area contributed by atoms with E-state index in [-0.39, 0.29) is 0 Å². The highest BCUT2D eigenvalue weighted by molar-refractivity contribution is 7.99. The van der Waals surface area contributed by atoms with E-state index in [1.54, 1.807) is 6.33 Å². The van der Waals surface area contributed by atoms with E-state index in [1.807, 2.05) is 6.07 Å². The fraction of sp³-hybridized carbons (Fsp3) is 0.615. The Morgan fingerprint density at radius 3 is 2.78 bits per heavy atom. The molecule has 1 aromatic rings. The van der Waals surface area contributed by atoms with Crippen LogP contribution < -0.4 is 4.90 Å². The van der Waals surface area contributed by atoms with Crippen LogP contribution in [0.15, 0.2) is 17.4 Å². The van der Waals surface area contributed by atoms with E-state index in [0.717, 1.165) is 23.9 Å². The summed E-state index contributed by atoms with van der Waals surface area (Å²) in [6.07, 6.45) is 2.89. The number of piperidine rings is 1. The highest BCUT2D eigenvalue weighted by Gasteiger charge is 2.22. The van der Waals surface area contributed by atoms with Crippen molar-refractivity contribution in [3.63, 3.8) is 0 Å². The van der Waals surface area contributed by atoms with Gasteiger partial charge in [0, 0.05) is 19.2 Å². The highest BCUT2D eigenvalue weighted by atomic mass is 32.2. The summed E-state index contributed by atoms with van der Waals surface area (Å²) >= 11 is 1.46. The smallest absolute Gasteiger partial charge is 0.133 e. The minimum atomic E-state index is 0.434. The van der Waals surface area contributed by atoms with Gasteiger partial charge < -0.3 is 4.90 Å². The minimum Gasteiger partial charge on any atom is -0.356 e. The molecule has 0 spiro atoms. The maximum Gasteiger partial charge on any atom is 0.133 e. The molecule has 0 amide bonds. The van der Waals surface area contributed by atoms with E-state index in [4.69, 9.17) is 5.26 Å². The normalized spacial score (nSPS) is 23.7. The summed E-state index contributed by atoms with van der Waals surface area (Å²) in [4.78, 5) is 10.9. The van der Waals surface area contributed by atoms with Crippen LogP contribution in [0.3, 0.4) is 0 Å². The first-order valence-electron chi connectivity index (χ1n) is 6.25. The standard InChI is InChI=1S/C13H18N4S/c1-10-5-11(2)8-17(7-10)12-6-13(16-9-15-12)18-4-3-14/h6,9-11H,4-5,7-8H2,1-2H3. The lowest BCUT2D eigenvalue weighted by Crippen LogP contribution is -2.39. The summed E-state index contributed by atoms with van der Waals surface area (Å²) in [6, 6.07) is 4.11. The third-order valence-electron chi connectivity index (χ3n) is 3.11. The van der Waals surface area contributed by atoms with Gasteiger partial charge in [-0.2, -0.15) is 5.26 Å². The third kappa shape index (κ3) is 3.36. The second kappa shape index (κ2) is 6.05. The zero-order valence-corrected chi connectivity index (χ0v) is 11.7. The number of anilines is 1. The Kier molecular flexibility index (Phi) is 4.43. The number of nitrogens with zero attached hydrogens (tertiary/aromatic N) is 4. The first kappa shape index (κ1) is 13.2. The van der Waals surface area contributed by atoms with Gasteiger partial charge in [-0.25, -0.2) is 9.97 Å². The van der Waals surface area contributed by atoms with Crippen LogP contribution in [-0.2, 0) is 0 Å². The van der Waals surface area contributed by atoms with Gasteiger partial charge in [-0.1, -0.05) is 25.6 Å². The van der Waals surface area contributed by atoms with Crippen LogP contribution in [0.4, 0.5) is 5.82 Å². The Hall–Kier alpha value is -1.28. The molecule has 0 radical (unpaired) electrons. The molecule has 2 unspecified atom stereocenters. The van der Waals surface area contributed by atoms with Gasteiger partial charge >= 0.3 is 0 Å². The number of thioether (sulfide) groups is 1. The number of aromatic nitrogens is 2. The van der Waals surface area contributed by atoms with Crippen molar-refractivity contribution < 1.29 is 0 Å². The molecule has 1 aromatic heterocycles. The Labute approximate surface area is 112 Å². The second-order valence-electron chi connectivity index (χ2n) is 5.01. The summed E-state index contributed by atoms with van der Waals surface area (Å²) < 4.78 is 0. The SMILES string of the molecule is CC1CC(C)CN(c2cc(SCC#N)ncn2)C1. The average Bonchev–Trinajstić information content (AvgIpc) is 2.35. The van der Waals surface area contributed by atoms with Gasteiger partial charge in [0.1, 0.15) is 17.2 Å². The van der Waals surface area contributed by atoms with Crippen molar-refractivity contribution in [2.24, 2.45) is 11.8 Å². The molecule has 96 valence electrons. The summed E-state index contributed by atoms with van der Waals surface area (Å²) in [7, 11) is 0. The van der Waals surface area contributed by atoms with Gasteiger partial charge in [0.2, 0.25) is 0 Å². The summed E-state index contributed by atoms with van der Waals surface area (Å²) in [5, 5.41) is 9.47. The molecule has 1 aliphatic rings. The van der Waals surface area contributed by atoms with E-state index >= 15 is 0 Å². The lowest BCUT2D eigenvalue weighted by atomic mass is 9.92. The molecule has 1 fully saturated rings. The molecule has 4 nitrogen and oxygen atoms in total. The molecular formula is C13H18N4S. The summed E-state index contributed by atoms with van der Waals surface area (Å²) in [5.74, 6) is 2.84. The Balaban J connectivity index is 2.10. The fourth-order valence-corrected chi connectivity index (χ4v) is 3.06. The Morgan fingerprint density at radius 2 is 2.11 bits per heavy atom. The lowest BCUT2D eigenvalue weighted by molar-refractivity contribution is 0.355. The quantitative estimate of drug-likeness (QED) is 0.619. The molecule has 0 N–H and O–H groups in total. The molecule has 0 bridgehead atoms. The molecule has 0 aliphatic carbocycles. The van der Waals surface area contributed by atoms with Crippen LogP contribution >= 0.6 is 11.8 Å². The second-order valence-corrected chi connectivity index (χ2v) is 6.01. The molecule has 5 heteroatoms. The molecule has 1 aliphatic heterocycles. The van der Waals surface area contributed by atoms with E-state index < -0.39 is 0 Å². The van der Waals surface area contributed by atoms with E-state index in [0.29, 0.717) is 17.6 Å². The first-order chi connectivity index (χ1) is 8.69. The molecule has 18 heavy (non-hydrogen) atoms. The van der Waals surface area contributed by atoms with Crippen molar-refractivity contribution in [3.8, 4) is 6.07 Å². The number of hydrogen-bond donors (Lipinski definition) is 0. The van der Waals surface area contributed by atoms with Crippen LogP contribution in [0, 0.1) is 23.2 Å². The van der Waals surface area contributed by atoms with E-state index in [9.17, 15) is 0 Å². The van der Waals surface area contributed by atoms with Crippen molar-refractivity contribution in [1.82, 2.24) is 9.97 Å². The lowest BCUT2D eigenvalue weighted by Gasteiger charge is -2.35. The van der Waals surface area contributed by atoms with Gasteiger partial charge in [0.05, 0.1) is 11.8 Å². The molecule has 2 atom stereocenters. The molecule has 2 rings (SSSR count). The van der Waals surface area contributed by atoms with Crippen LogP contribution in [-0.4, -0.2) is 28.8 Å². The first-order valence-corrected chi connectivity index (χ1v) is 7.24. The zero-order chi connectivity index (χ0) is 13.0. The van der Waals surface area contributed by atoms with Gasteiger partial charge in [0.25, 0.3) is 0 Å². The highest BCUT2D eigenvalue weighted by Crippen LogP contribution is 2.26. The number of nitriles is 1. The Bertz CT molecular complexity index is 433. The molecule has 1 saturated heterocycles. The van der Waals surface area contributed by atoms with Crippen LogP contribution in [0.25, 0.3) is 0 Å². The van der Waals surface area contributed by atoms with Gasteiger partial charge in [-0.3, -0.25) is 0 Å². The van der Waals surface area contributed by atoms with E-state index in [2.05, 4.69) is 34.8 Å². The number of hydrogen-bond acceptors (Lipinski definition) is 5. The van der Waals surface area contributed by atoms with Crippen molar-refractivity contribution in [1.29, 1.82) is 5.26 Å². The van der Waals surface area contributed by atoms with Gasteiger partial charge in [-0.05, 0) is 18.3 Å². The monoisotopic (exact) mass is 262 g/mol. The van der Waals surface area contributed by atoms with Crippen LogP contribution in [0.2, 0.25) is 0 Å². The topological polar surface area (TPSA) is 52.8 Å². The van der Waals surface area contributed by atoms with Gasteiger partial charge in [0.15, 0.2) is 0 Å². The van der Waals surface area contributed by atoms with Crippen molar-refractivity contribution in [2.75, 3.05) is 23.7 Å². The van der Waals surface area contributed by atoms with Gasteiger partial charge in [-0.15, -0.1) is 0 Å². The van der Waals surface area contributed by atoms with Crippen molar-refractivity contribution >= 4 is 17.6 Å². The molecule has 0 aromatic carbocycles. The predicted molar refractivity (Wildman–Crippen MR) is 73.5 cm³/mol. The van der Waals surface area contributed by atoms with Crippen LogP contribution in [0.5, 0.6) is 0 Å². The Morgan fingerprint density at radius 1 is 1.39 bits per heavy atom. The average molecular weight is 262 g/mol. The largest absolute Gasteiger partial charge is 0.356 e. The van der Waals surface area contributed by atoms with E-state index in [1.165, 1.54) is 18.2 Å².